The molecular weight excluding hydrogens is 1180 g/mol. The first-order valence-electron chi connectivity index (χ1n) is 33.4. The van der Waals surface area contributed by atoms with Gasteiger partial charge in [0.25, 0.3) is 5.91 Å². The van der Waals surface area contributed by atoms with Crippen LogP contribution in [0, 0.1) is 29.6 Å². The van der Waals surface area contributed by atoms with Crippen LogP contribution in [0.5, 0.6) is 0 Å². The Labute approximate surface area is 545 Å². The average Bonchev–Trinajstić information content (AvgIpc) is 1.61. The quantitative estimate of drug-likeness (QED) is 0.0522. The van der Waals surface area contributed by atoms with Gasteiger partial charge in [0, 0.05) is 89.1 Å². The molecule has 2 bridgehead atoms. The first-order chi connectivity index (χ1) is 44.3. The van der Waals surface area contributed by atoms with E-state index in [4.69, 9.17) is 33.5 Å². The third-order valence-corrected chi connectivity index (χ3v) is 18.7. The van der Waals surface area contributed by atoms with Crippen molar-refractivity contribution in [2.45, 2.75) is 173 Å². The molecule has 0 spiro atoms. The lowest BCUT2D eigenvalue weighted by atomic mass is 9.85. The van der Waals surface area contributed by atoms with E-state index in [0.29, 0.717) is 103 Å². The summed E-state index contributed by atoms with van der Waals surface area (Å²) < 4.78 is 34.2. The van der Waals surface area contributed by atoms with Crippen molar-refractivity contribution in [2.75, 3.05) is 99.1 Å². The van der Waals surface area contributed by atoms with Gasteiger partial charge in [-0.15, -0.1) is 0 Å². The van der Waals surface area contributed by atoms with E-state index < -0.39 is 48.2 Å². The molecule has 22 nitrogen and oxygen atoms in total. The molecule has 3 aliphatic heterocycles. The van der Waals surface area contributed by atoms with E-state index in [2.05, 4.69) is 22.5 Å². The first-order valence-corrected chi connectivity index (χ1v) is 33.4. The maximum atomic E-state index is 14.9. The van der Waals surface area contributed by atoms with Gasteiger partial charge in [-0.3, -0.25) is 38.4 Å². The van der Waals surface area contributed by atoms with Crippen LogP contribution in [0.15, 0.2) is 79.0 Å². The number of ether oxygens (including phenoxy) is 6. The van der Waals surface area contributed by atoms with E-state index in [-0.39, 0.29) is 117 Å². The molecule has 3 heterocycles. The van der Waals surface area contributed by atoms with Crippen LogP contribution in [0.2, 0.25) is 0 Å². The predicted molar refractivity (Wildman–Crippen MR) is 348 cm³/mol. The Morgan fingerprint density at radius 3 is 2.05 bits per heavy atom. The van der Waals surface area contributed by atoms with Crippen LogP contribution in [0.1, 0.15) is 129 Å². The number of fused-ring (bicyclic) bond motifs is 2. The molecule has 7 amide bonds. The number of carbonyl (C=O) groups excluding carboxylic acids is 8. The fourth-order valence-electron chi connectivity index (χ4n) is 13.4. The number of hydrogen-bond acceptors (Lipinski definition) is 15. The number of benzene rings is 2. The number of unbranched alkanes of at least 4 members (excludes halogenated alkanes) is 2. The molecule has 4 N–H and O–H groups in total. The van der Waals surface area contributed by atoms with Crippen LogP contribution >= 0.6 is 0 Å². The van der Waals surface area contributed by atoms with Gasteiger partial charge < -0.3 is 69.1 Å². The number of aliphatic hydroxyl groups is 1. The Morgan fingerprint density at radius 2 is 1.43 bits per heavy atom. The van der Waals surface area contributed by atoms with Crippen LogP contribution in [-0.4, -0.2) is 208 Å². The van der Waals surface area contributed by atoms with Crippen molar-refractivity contribution in [3.63, 3.8) is 0 Å². The minimum absolute atomic E-state index is 0.0319. The molecule has 92 heavy (non-hydrogen) atoms. The van der Waals surface area contributed by atoms with E-state index in [0.717, 1.165) is 43.2 Å². The van der Waals surface area contributed by atoms with Crippen molar-refractivity contribution in [1.29, 1.82) is 0 Å². The minimum atomic E-state index is -0.938. The molecular formula is C70H105N7O15. The van der Waals surface area contributed by atoms with Crippen molar-refractivity contribution in [3.8, 4) is 0 Å². The lowest BCUT2D eigenvalue weighted by molar-refractivity contribution is -0.149. The standard InChI is InChI=1S/C70H105N7O15/c1-10-48(4)65(74(7)70(86)64(47(2)3)73-69(85)66-53-25-28-56(43-53)77(66)62(82)30-34-89-36-38-91-40-41-92-39-37-90-35-33-78)59(87-8)45-63(83)76-32-17-20-57(76)67(88-9)50(6)58(79)44-54(42-51-18-13-11-14-19-51)68(84)72-55-26-23-52(24-27-55)46-71-60(80)21-15-12-16-31-75-49(5)22-29-61(75)81/h11,13-14,18-19,22-24,26-27,29,47-48,50,53-54,56-57,59,64-67,78H,5,10,12,15-17,20-21,25,28,30-46H2,1-4,6-9H3,(H,71,80)(H,72,84)(H,73,85)/t48-,50-,53-,54+,56-,57-,59+,64-,65-,66-,67+/m0/s1. The monoisotopic (exact) mass is 1280 g/mol. The average molecular weight is 1280 g/mol. The van der Waals surface area contributed by atoms with Gasteiger partial charge in [0.1, 0.15) is 17.9 Å². The normalized spacial score (nSPS) is 20.0. The zero-order valence-corrected chi connectivity index (χ0v) is 55.8. The summed E-state index contributed by atoms with van der Waals surface area (Å²) in [7, 11) is 4.78. The number of likely N-dealkylation sites (N-methyl/N-ethyl adjacent to an activating group) is 1. The third kappa shape index (κ3) is 21.8. The molecule has 0 radical (unpaired) electrons. The largest absolute Gasteiger partial charge is 0.394 e. The number of anilines is 1. The van der Waals surface area contributed by atoms with Crippen LogP contribution in [-0.2, 0) is 79.7 Å². The zero-order valence-electron chi connectivity index (χ0n) is 55.8. The highest BCUT2D eigenvalue weighted by atomic mass is 16.6. The number of carbonyl (C=O) groups is 8. The molecule has 6 rings (SSSR count). The van der Waals surface area contributed by atoms with Gasteiger partial charge in [-0.1, -0.05) is 96.5 Å². The van der Waals surface area contributed by atoms with Crippen molar-refractivity contribution < 1.29 is 71.9 Å². The molecule has 1 aliphatic carbocycles. The second-order valence-corrected chi connectivity index (χ2v) is 25.4. The fourth-order valence-corrected chi connectivity index (χ4v) is 13.4. The number of hydrogen-bond donors (Lipinski definition) is 4. The maximum absolute atomic E-state index is 14.9. The SMILES string of the molecule is C=C1C=CC(=O)N1CCCCCC(=O)NCc1ccc(NC(=O)[C@@H](CC(=O)[C@H](C)[C@@H](OC)[C@@H]2CCCN2C(=O)C[C@@H](OC)[C@H]([C@@H](C)CC)N(C)C(=O)[C@@H](NC(=O)[C@@H]2[C@H]3CC[C@@H](C3)N2C(=O)CCOCCOCCOCCOCCO)C(C)C)Cc2ccccc2)cc1. The molecule has 0 aromatic heterocycles. The lowest BCUT2D eigenvalue weighted by Gasteiger charge is -2.41. The summed E-state index contributed by atoms with van der Waals surface area (Å²) in [6.45, 7) is 17.4. The smallest absolute Gasteiger partial charge is 0.251 e. The Morgan fingerprint density at radius 1 is 0.761 bits per heavy atom. The van der Waals surface area contributed by atoms with Crippen LogP contribution in [0.3, 0.4) is 0 Å². The maximum Gasteiger partial charge on any atom is 0.251 e. The Bertz CT molecular complexity index is 2710. The molecule has 1 saturated carbocycles. The Hall–Kier alpha value is -6.40. The van der Waals surface area contributed by atoms with E-state index in [1.54, 1.807) is 58.9 Å². The molecule has 11 atom stereocenters. The topological polar surface area (TPSA) is 261 Å². The van der Waals surface area contributed by atoms with Crippen LogP contribution in [0.4, 0.5) is 5.69 Å². The number of likely N-dealkylation sites (tertiary alicyclic amines) is 2. The summed E-state index contributed by atoms with van der Waals surface area (Å²) in [6, 6.07) is 14.0. The van der Waals surface area contributed by atoms with Crippen molar-refractivity contribution in [1.82, 2.24) is 30.2 Å². The van der Waals surface area contributed by atoms with Gasteiger partial charge >= 0.3 is 0 Å². The van der Waals surface area contributed by atoms with Gasteiger partial charge in [0.05, 0.1) is 96.6 Å². The highest BCUT2D eigenvalue weighted by Gasteiger charge is 2.52. The lowest BCUT2D eigenvalue weighted by Crippen LogP contribution is -2.60. The molecule has 2 aromatic rings. The molecule has 22 heteroatoms. The van der Waals surface area contributed by atoms with Crippen molar-refractivity contribution in [3.05, 3.63) is 90.2 Å². The van der Waals surface area contributed by atoms with Gasteiger partial charge in [-0.05, 0) is 98.5 Å². The molecule has 2 saturated heterocycles. The molecule has 2 aromatic carbocycles. The number of rotatable bonds is 43. The number of nitrogens with zero attached hydrogens (tertiary/aromatic N) is 4. The van der Waals surface area contributed by atoms with Crippen LogP contribution in [0.25, 0.3) is 0 Å². The summed E-state index contributed by atoms with van der Waals surface area (Å²) in [5.74, 6) is -3.63. The van der Waals surface area contributed by atoms with Crippen LogP contribution < -0.4 is 16.0 Å². The van der Waals surface area contributed by atoms with E-state index in [1.807, 2.05) is 70.2 Å². The second kappa shape index (κ2) is 38.7. The number of methoxy groups -OCH3 is 2. The van der Waals surface area contributed by atoms with E-state index in [1.165, 1.54) is 13.2 Å². The van der Waals surface area contributed by atoms with E-state index >= 15 is 0 Å². The molecule has 3 fully saturated rings. The van der Waals surface area contributed by atoms with Gasteiger partial charge in [-0.2, -0.15) is 0 Å². The number of aliphatic hydroxyl groups excluding tert-OH is 1. The van der Waals surface area contributed by atoms with Gasteiger partial charge in [-0.25, -0.2) is 0 Å². The van der Waals surface area contributed by atoms with E-state index in [9.17, 15) is 38.4 Å². The number of Topliss-reactive ketones (excluding diaryl/α,β-unsaturated/α-hetero) is 1. The summed E-state index contributed by atoms with van der Waals surface area (Å²) in [6.07, 6.45) is 8.92. The fraction of sp³-hybridized carbons (Fsp3) is 0.657. The zero-order chi connectivity index (χ0) is 66.7. The second-order valence-electron chi connectivity index (χ2n) is 25.4. The third-order valence-electron chi connectivity index (χ3n) is 18.7. The molecule has 4 aliphatic rings. The van der Waals surface area contributed by atoms with Crippen molar-refractivity contribution in [2.24, 2.45) is 29.6 Å². The van der Waals surface area contributed by atoms with Gasteiger partial charge in [0.2, 0.25) is 35.4 Å². The number of ketones is 1. The summed E-state index contributed by atoms with van der Waals surface area (Å²) in [4.78, 5) is 118. The minimum Gasteiger partial charge on any atom is -0.394 e. The number of piperidine rings is 1. The number of amides is 7. The Kier molecular flexibility index (Phi) is 31.4. The summed E-state index contributed by atoms with van der Waals surface area (Å²) in [5.41, 5.74) is 2.98. The predicted octanol–water partition coefficient (Wildman–Crippen LogP) is 6.42. The first kappa shape index (κ1) is 74.6. The summed E-state index contributed by atoms with van der Waals surface area (Å²) >= 11 is 0. The number of nitrogens with one attached hydrogen (secondary N) is 3. The van der Waals surface area contributed by atoms with Gasteiger partial charge in [0.15, 0.2) is 0 Å². The molecule has 510 valence electrons. The summed E-state index contributed by atoms with van der Waals surface area (Å²) in [5, 5.41) is 17.9. The van der Waals surface area contributed by atoms with Crippen molar-refractivity contribution >= 4 is 52.8 Å². The Balaban J connectivity index is 1.02. The highest BCUT2D eigenvalue weighted by molar-refractivity contribution is 5.97. The highest BCUT2D eigenvalue weighted by Crippen LogP contribution is 2.43. The number of allylic oxidation sites excluding steroid dienone is 1. The molecule has 0 unspecified atom stereocenters.